The molecule has 0 amide bonds. The highest BCUT2D eigenvalue weighted by Gasteiger charge is 2.31. The first-order valence-electron chi connectivity index (χ1n) is 7.23. The van der Waals surface area contributed by atoms with Gasteiger partial charge in [0.15, 0.2) is 0 Å². The molecule has 0 aromatic heterocycles. The highest BCUT2D eigenvalue weighted by atomic mass is 16.5. The Hall–Kier alpha value is -1.39. The molecule has 1 atom stereocenters. The van der Waals surface area contributed by atoms with Gasteiger partial charge in [0, 0.05) is 13.2 Å². The fourth-order valence-corrected chi connectivity index (χ4v) is 3.10. The van der Waals surface area contributed by atoms with Gasteiger partial charge in [-0.1, -0.05) is 43.2 Å². The Bertz CT molecular complexity index is 415. The van der Waals surface area contributed by atoms with Crippen molar-refractivity contribution < 1.29 is 14.6 Å². The van der Waals surface area contributed by atoms with Crippen LogP contribution >= 0.6 is 0 Å². The van der Waals surface area contributed by atoms with Gasteiger partial charge in [-0.25, -0.2) is 0 Å². The largest absolute Gasteiger partial charge is 0.480 e. The second-order valence-electron chi connectivity index (χ2n) is 5.39. The third kappa shape index (κ3) is 3.81. The minimum absolute atomic E-state index is 0.0143. The van der Waals surface area contributed by atoms with Gasteiger partial charge in [-0.15, -0.1) is 0 Å². The molecule has 1 unspecified atom stereocenters. The van der Waals surface area contributed by atoms with Crippen molar-refractivity contribution >= 4 is 5.97 Å². The summed E-state index contributed by atoms with van der Waals surface area (Å²) in [6, 6.07) is 10.4. The average Bonchev–Trinajstić information content (AvgIpc) is 2.97. The van der Waals surface area contributed by atoms with Crippen LogP contribution in [0.2, 0.25) is 0 Å². The van der Waals surface area contributed by atoms with Crippen molar-refractivity contribution in [1.29, 1.82) is 0 Å². The number of carboxylic acids is 1. The molecule has 0 radical (unpaired) electrons. The van der Waals surface area contributed by atoms with E-state index in [1.807, 2.05) is 30.3 Å². The summed E-state index contributed by atoms with van der Waals surface area (Å²) < 4.78 is 5.35. The van der Waals surface area contributed by atoms with Crippen LogP contribution in [0.1, 0.15) is 37.3 Å². The van der Waals surface area contributed by atoms with Crippen molar-refractivity contribution in [2.75, 3.05) is 20.3 Å². The zero-order valence-electron chi connectivity index (χ0n) is 12.0. The summed E-state index contributed by atoms with van der Waals surface area (Å²) in [6.45, 7) is 0.599. The molecule has 0 heterocycles. The lowest BCUT2D eigenvalue weighted by Gasteiger charge is -2.35. The number of hydrogen-bond acceptors (Lipinski definition) is 3. The summed E-state index contributed by atoms with van der Waals surface area (Å²) in [7, 11) is 1.67. The van der Waals surface area contributed by atoms with Gasteiger partial charge >= 0.3 is 5.97 Å². The van der Waals surface area contributed by atoms with Gasteiger partial charge < -0.3 is 9.84 Å². The molecule has 4 heteroatoms. The summed E-state index contributed by atoms with van der Waals surface area (Å²) in [5.41, 5.74) is 1.13. The molecule has 1 saturated carbocycles. The molecule has 0 spiro atoms. The Morgan fingerprint density at radius 2 is 2.00 bits per heavy atom. The second-order valence-corrected chi connectivity index (χ2v) is 5.39. The van der Waals surface area contributed by atoms with Crippen LogP contribution in [-0.4, -0.2) is 42.3 Å². The lowest BCUT2D eigenvalue weighted by molar-refractivity contribution is -0.140. The van der Waals surface area contributed by atoms with E-state index in [2.05, 4.69) is 4.90 Å². The first-order chi connectivity index (χ1) is 9.72. The van der Waals surface area contributed by atoms with Gasteiger partial charge in [0.1, 0.15) is 0 Å². The second kappa shape index (κ2) is 7.41. The van der Waals surface area contributed by atoms with Gasteiger partial charge in [-0.2, -0.15) is 0 Å². The van der Waals surface area contributed by atoms with Crippen molar-refractivity contribution in [3.63, 3.8) is 0 Å². The topological polar surface area (TPSA) is 49.8 Å². The lowest BCUT2D eigenvalue weighted by Crippen LogP contribution is -2.42. The zero-order chi connectivity index (χ0) is 14.4. The summed E-state index contributed by atoms with van der Waals surface area (Å²) >= 11 is 0. The number of carbonyl (C=O) groups is 1. The van der Waals surface area contributed by atoms with Crippen LogP contribution in [0, 0.1) is 0 Å². The average molecular weight is 277 g/mol. The first-order valence-corrected chi connectivity index (χ1v) is 7.23. The van der Waals surface area contributed by atoms with E-state index < -0.39 is 5.97 Å². The summed E-state index contributed by atoms with van der Waals surface area (Å²) in [6.07, 6.45) is 4.55. The third-order valence-corrected chi connectivity index (χ3v) is 4.02. The minimum Gasteiger partial charge on any atom is -0.480 e. The molecule has 4 nitrogen and oxygen atoms in total. The fraction of sp³-hybridized carbons (Fsp3) is 0.562. The van der Waals surface area contributed by atoms with Crippen molar-refractivity contribution in [2.24, 2.45) is 0 Å². The van der Waals surface area contributed by atoms with E-state index in [0.29, 0.717) is 12.6 Å². The van der Waals surface area contributed by atoms with E-state index in [-0.39, 0.29) is 12.6 Å². The van der Waals surface area contributed by atoms with Crippen molar-refractivity contribution in [3.8, 4) is 0 Å². The van der Waals surface area contributed by atoms with E-state index in [1.165, 1.54) is 12.8 Å². The molecule has 1 aromatic rings. The van der Waals surface area contributed by atoms with E-state index in [4.69, 9.17) is 4.74 Å². The highest BCUT2D eigenvalue weighted by molar-refractivity contribution is 5.69. The van der Waals surface area contributed by atoms with Gasteiger partial charge in [0.25, 0.3) is 0 Å². The van der Waals surface area contributed by atoms with E-state index in [0.717, 1.165) is 18.4 Å². The molecular weight excluding hydrogens is 254 g/mol. The van der Waals surface area contributed by atoms with Crippen molar-refractivity contribution in [3.05, 3.63) is 35.9 Å². The molecule has 20 heavy (non-hydrogen) atoms. The van der Waals surface area contributed by atoms with Gasteiger partial charge in [0.2, 0.25) is 0 Å². The maximum atomic E-state index is 11.2. The predicted octanol–water partition coefficient (Wildman–Crippen LogP) is 2.70. The Labute approximate surface area is 120 Å². The van der Waals surface area contributed by atoms with Crippen LogP contribution in [0.5, 0.6) is 0 Å². The predicted molar refractivity (Wildman–Crippen MR) is 77.7 cm³/mol. The molecule has 2 rings (SSSR count). The highest BCUT2D eigenvalue weighted by Crippen LogP contribution is 2.31. The van der Waals surface area contributed by atoms with E-state index in [1.54, 1.807) is 7.11 Å². The maximum absolute atomic E-state index is 11.2. The third-order valence-electron chi connectivity index (χ3n) is 4.02. The first kappa shape index (κ1) is 15.0. The molecule has 0 aliphatic heterocycles. The Kier molecular flexibility index (Phi) is 5.56. The number of hydrogen-bond donors (Lipinski definition) is 1. The van der Waals surface area contributed by atoms with Crippen LogP contribution in [0.15, 0.2) is 30.3 Å². The van der Waals surface area contributed by atoms with Crippen LogP contribution in [0.4, 0.5) is 0 Å². The number of aliphatic carboxylic acids is 1. The monoisotopic (exact) mass is 277 g/mol. The number of rotatable bonds is 7. The molecule has 1 N–H and O–H groups in total. The summed E-state index contributed by atoms with van der Waals surface area (Å²) in [5.74, 6) is -0.770. The fourth-order valence-electron chi connectivity index (χ4n) is 3.10. The normalized spacial score (nSPS) is 17.5. The van der Waals surface area contributed by atoms with Crippen LogP contribution in [0.25, 0.3) is 0 Å². The molecular formula is C16H23NO3. The zero-order valence-corrected chi connectivity index (χ0v) is 12.0. The molecule has 1 aromatic carbocycles. The summed E-state index contributed by atoms with van der Waals surface area (Å²) in [5, 5.41) is 9.23. The van der Waals surface area contributed by atoms with E-state index in [9.17, 15) is 9.90 Å². The van der Waals surface area contributed by atoms with Gasteiger partial charge in [0.05, 0.1) is 19.2 Å². The lowest BCUT2D eigenvalue weighted by atomic mass is 10.0. The smallest absolute Gasteiger partial charge is 0.317 e. The minimum atomic E-state index is -0.770. The number of carboxylic acid groups (broad SMARTS) is 1. The Balaban J connectivity index is 2.23. The van der Waals surface area contributed by atoms with Crippen LogP contribution in [0.3, 0.4) is 0 Å². The molecule has 0 bridgehead atoms. The van der Waals surface area contributed by atoms with Gasteiger partial charge in [-0.05, 0) is 18.4 Å². The van der Waals surface area contributed by atoms with Crippen LogP contribution in [-0.2, 0) is 9.53 Å². The standard InChI is InChI=1S/C16H23NO3/c1-20-12-15(13-7-3-2-4-8-13)17(11-16(18)19)14-9-5-6-10-14/h2-4,7-8,14-15H,5-6,9-12H2,1H3,(H,18,19). The number of methoxy groups -OCH3 is 1. The maximum Gasteiger partial charge on any atom is 0.317 e. The molecule has 0 saturated heterocycles. The van der Waals surface area contributed by atoms with Gasteiger partial charge in [-0.3, -0.25) is 9.69 Å². The molecule has 1 fully saturated rings. The number of benzene rings is 1. The number of nitrogens with zero attached hydrogens (tertiary/aromatic N) is 1. The summed E-state index contributed by atoms with van der Waals surface area (Å²) in [4.78, 5) is 13.3. The molecule has 1 aliphatic rings. The SMILES string of the molecule is COCC(c1ccccc1)N(CC(=O)O)C1CCCC1. The van der Waals surface area contributed by atoms with Crippen molar-refractivity contribution in [1.82, 2.24) is 4.90 Å². The van der Waals surface area contributed by atoms with Crippen molar-refractivity contribution in [2.45, 2.75) is 37.8 Å². The Morgan fingerprint density at radius 3 is 2.55 bits per heavy atom. The number of ether oxygens (including phenoxy) is 1. The Morgan fingerprint density at radius 1 is 1.35 bits per heavy atom. The molecule has 1 aliphatic carbocycles. The molecule has 110 valence electrons. The van der Waals surface area contributed by atoms with E-state index >= 15 is 0 Å². The quantitative estimate of drug-likeness (QED) is 0.832. The van der Waals surface area contributed by atoms with Crippen LogP contribution < -0.4 is 0 Å².